The van der Waals surface area contributed by atoms with E-state index in [2.05, 4.69) is 61.8 Å². The van der Waals surface area contributed by atoms with Crippen LogP contribution in [0.3, 0.4) is 0 Å². The Hall–Kier alpha value is -3.25. The zero-order valence-corrected chi connectivity index (χ0v) is 18.3. The van der Waals surface area contributed by atoms with Crippen LogP contribution in [0.2, 0.25) is 0 Å². The standard InChI is InChI=1S/C26H27N5O/c1-3-17-16-30-13-11-18(17)14-25(30)26(31-24-7-5-4-6-23(24)28-29-31)20-10-12-27-22-9-8-19(32-2)15-21(20)22/h3-10,12,15,17-18,25-26H,1,11,13-14,16H2,2H3/t17-,18-,25-,26-/m0/s1. The van der Waals surface area contributed by atoms with Gasteiger partial charge in [-0.3, -0.25) is 9.88 Å². The van der Waals surface area contributed by atoms with Gasteiger partial charge in [-0.2, -0.15) is 0 Å². The van der Waals surface area contributed by atoms with Crippen molar-refractivity contribution in [2.45, 2.75) is 24.9 Å². The monoisotopic (exact) mass is 425 g/mol. The molecule has 3 aliphatic heterocycles. The lowest BCUT2D eigenvalue weighted by Gasteiger charge is -2.51. The van der Waals surface area contributed by atoms with Crippen molar-refractivity contribution in [1.82, 2.24) is 24.9 Å². The van der Waals surface area contributed by atoms with E-state index in [1.165, 1.54) is 12.0 Å². The third-order valence-corrected chi connectivity index (χ3v) is 7.46. The van der Waals surface area contributed by atoms with Crippen molar-refractivity contribution in [2.24, 2.45) is 11.8 Å². The zero-order valence-electron chi connectivity index (χ0n) is 18.3. The minimum atomic E-state index is 0.0357. The molecule has 6 nitrogen and oxygen atoms in total. The summed E-state index contributed by atoms with van der Waals surface area (Å²) < 4.78 is 7.69. The van der Waals surface area contributed by atoms with Crippen molar-refractivity contribution in [3.63, 3.8) is 0 Å². The minimum Gasteiger partial charge on any atom is -0.497 e. The van der Waals surface area contributed by atoms with E-state index in [-0.39, 0.29) is 6.04 Å². The van der Waals surface area contributed by atoms with Gasteiger partial charge in [0.25, 0.3) is 0 Å². The second-order valence-electron chi connectivity index (χ2n) is 9.00. The average molecular weight is 426 g/mol. The Labute approximate surface area is 187 Å². The van der Waals surface area contributed by atoms with E-state index in [0.717, 1.165) is 47.2 Å². The lowest BCUT2D eigenvalue weighted by molar-refractivity contribution is 0.000582. The summed E-state index contributed by atoms with van der Waals surface area (Å²) in [5.74, 6) is 2.08. The van der Waals surface area contributed by atoms with Crippen molar-refractivity contribution in [1.29, 1.82) is 0 Å². The molecule has 0 radical (unpaired) electrons. The number of ether oxygens (including phenoxy) is 1. The van der Waals surface area contributed by atoms with Crippen molar-refractivity contribution in [3.05, 3.63) is 72.9 Å². The number of piperidine rings is 3. The van der Waals surface area contributed by atoms with Gasteiger partial charge in [-0.05, 0) is 73.2 Å². The van der Waals surface area contributed by atoms with Gasteiger partial charge in [0.05, 0.1) is 24.2 Å². The molecule has 1 unspecified atom stereocenters. The molecule has 5 atom stereocenters. The molecular weight excluding hydrogens is 398 g/mol. The molecule has 7 rings (SSSR count). The fraction of sp³-hybridized carbons (Fsp3) is 0.346. The molecule has 3 saturated heterocycles. The molecule has 0 amide bonds. The van der Waals surface area contributed by atoms with Gasteiger partial charge in [0.1, 0.15) is 11.3 Å². The van der Waals surface area contributed by atoms with Crippen LogP contribution in [0.4, 0.5) is 0 Å². The third kappa shape index (κ3) is 3.01. The summed E-state index contributed by atoms with van der Waals surface area (Å²) in [4.78, 5) is 7.27. The Morgan fingerprint density at radius 2 is 2.06 bits per heavy atom. The number of nitrogens with zero attached hydrogens (tertiary/aromatic N) is 5. The van der Waals surface area contributed by atoms with Crippen LogP contribution in [0.1, 0.15) is 24.4 Å². The number of hydrogen-bond donors (Lipinski definition) is 0. The van der Waals surface area contributed by atoms with Gasteiger partial charge >= 0.3 is 0 Å². The smallest absolute Gasteiger partial charge is 0.119 e. The molecule has 32 heavy (non-hydrogen) atoms. The van der Waals surface area contributed by atoms with Crippen LogP contribution >= 0.6 is 0 Å². The van der Waals surface area contributed by atoms with Crippen molar-refractivity contribution in [2.75, 3.05) is 20.2 Å². The summed E-state index contributed by atoms with van der Waals surface area (Å²) in [6.07, 6.45) is 6.44. The molecular formula is C26H27N5O. The zero-order chi connectivity index (χ0) is 21.7. The first-order chi connectivity index (χ1) is 15.8. The highest BCUT2D eigenvalue weighted by Crippen LogP contribution is 2.44. The largest absolute Gasteiger partial charge is 0.497 e. The van der Waals surface area contributed by atoms with Crippen LogP contribution in [-0.2, 0) is 0 Å². The fourth-order valence-electron chi connectivity index (χ4n) is 5.83. The highest BCUT2D eigenvalue weighted by molar-refractivity contribution is 5.84. The summed E-state index contributed by atoms with van der Waals surface area (Å²) in [7, 11) is 1.71. The SMILES string of the molecule is C=C[C@H]1CN2CC[C@H]1C[C@H]2[C@H](c1ccnc2ccc(OC)cc12)n1nnc2ccccc21. The Kier molecular flexibility index (Phi) is 4.68. The molecule has 2 aromatic heterocycles. The van der Waals surface area contributed by atoms with E-state index in [1.807, 2.05) is 30.5 Å². The van der Waals surface area contributed by atoms with Gasteiger partial charge in [0.15, 0.2) is 0 Å². The predicted molar refractivity (Wildman–Crippen MR) is 126 cm³/mol. The molecule has 3 fully saturated rings. The average Bonchev–Trinajstić information content (AvgIpc) is 3.28. The lowest BCUT2D eigenvalue weighted by atomic mass is 9.73. The molecule has 0 spiro atoms. The number of methoxy groups -OCH3 is 1. The van der Waals surface area contributed by atoms with Gasteiger partial charge in [-0.25, -0.2) is 4.68 Å². The summed E-state index contributed by atoms with van der Waals surface area (Å²) in [6.45, 7) is 6.29. The number of benzene rings is 2. The molecule has 2 aromatic carbocycles. The van der Waals surface area contributed by atoms with Crippen LogP contribution in [0.5, 0.6) is 5.75 Å². The first kappa shape index (κ1) is 19.4. The van der Waals surface area contributed by atoms with Gasteiger partial charge in [-0.15, -0.1) is 11.7 Å². The van der Waals surface area contributed by atoms with Gasteiger partial charge in [0, 0.05) is 24.2 Å². The van der Waals surface area contributed by atoms with E-state index in [9.17, 15) is 0 Å². The van der Waals surface area contributed by atoms with Gasteiger partial charge < -0.3 is 4.74 Å². The molecule has 0 aliphatic carbocycles. The number of para-hydroxylation sites is 1. The molecule has 162 valence electrons. The summed E-state index contributed by atoms with van der Waals surface area (Å²) in [5.41, 5.74) is 4.18. The quantitative estimate of drug-likeness (QED) is 0.442. The summed E-state index contributed by atoms with van der Waals surface area (Å²) >= 11 is 0. The number of fused-ring (bicyclic) bond motifs is 5. The molecule has 2 bridgehead atoms. The Bertz CT molecular complexity index is 1300. The first-order valence-corrected chi connectivity index (χ1v) is 11.4. The van der Waals surface area contributed by atoms with Crippen molar-refractivity contribution in [3.8, 4) is 5.75 Å². The van der Waals surface area contributed by atoms with Crippen LogP contribution in [0.25, 0.3) is 21.9 Å². The maximum Gasteiger partial charge on any atom is 0.119 e. The second kappa shape index (κ2) is 7.71. The molecule has 6 heteroatoms. The van der Waals surface area contributed by atoms with Crippen molar-refractivity contribution >= 4 is 21.9 Å². The highest BCUT2D eigenvalue weighted by atomic mass is 16.5. The predicted octanol–water partition coefficient (Wildman–Crippen LogP) is 4.47. The third-order valence-electron chi connectivity index (χ3n) is 7.46. The van der Waals surface area contributed by atoms with Crippen LogP contribution in [0.15, 0.2) is 67.4 Å². The molecule has 5 heterocycles. The normalized spacial score (nSPS) is 25.8. The van der Waals surface area contributed by atoms with E-state index in [0.29, 0.717) is 17.9 Å². The van der Waals surface area contributed by atoms with Crippen LogP contribution in [-0.4, -0.2) is 51.1 Å². The number of hydrogen-bond acceptors (Lipinski definition) is 5. The summed E-state index contributed by atoms with van der Waals surface area (Å²) in [6, 6.07) is 16.9. The second-order valence-corrected chi connectivity index (χ2v) is 9.00. The lowest BCUT2D eigenvalue weighted by Crippen LogP contribution is -2.56. The van der Waals surface area contributed by atoms with Gasteiger partial charge in [-0.1, -0.05) is 23.4 Å². The molecule has 0 saturated carbocycles. The number of aromatic nitrogens is 4. The highest BCUT2D eigenvalue weighted by Gasteiger charge is 2.44. The molecule has 0 N–H and O–H groups in total. The Morgan fingerprint density at radius 1 is 1.16 bits per heavy atom. The fourth-order valence-corrected chi connectivity index (χ4v) is 5.83. The molecule has 4 aromatic rings. The number of rotatable bonds is 5. The van der Waals surface area contributed by atoms with Crippen LogP contribution < -0.4 is 4.74 Å². The van der Waals surface area contributed by atoms with Crippen molar-refractivity contribution < 1.29 is 4.74 Å². The minimum absolute atomic E-state index is 0.0357. The topological polar surface area (TPSA) is 56.1 Å². The van der Waals surface area contributed by atoms with E-state index < -0.39 is 0 Å². The molecule has 3 aliphatic rings. The maximum absolute atomic E-state index is 5.56. The summed E-state index contributed by atoms with van der Waals surface area (Å²) in [5, 5.41) is 10.3. The van der Waals surface area contributed by atoms with E-state index >= 15 is 0 Å². The first-order valence-electron chi connectivity index (χ1n) is 11.4. The Balaban J connectivity index is 1.56. The van der Waals surface area contributed by atoms with Gasteiger partial charge in [0.2, 0.25) is 0 Å². The maximum atomic E-state index is 5.56. The number of pyridine rings is 1. The van der Waals surface area contributed by atoms with E-state index in [1.54, 1.807) is 7.11 Å². The van der Waals surface area contributed by atoms with E-state index in [4.69, 9.17) is 4.74 Å². The van der Waals surface area contributed by atoms with Crippen LogP contribution in [0, 0.1) is 11.8 Å². The Morgan fingerprint density at radius 3 is 2.88 bits per heavy atom.